The normalized spacial score (nSPS) is 23.3. The van der Waals surface area contributed by atoms with E-state index in [9.17, 15) is 8.42 Å². The average molecular weight is 265 g/mol. The molecule has 3 rings (SSSR count). The first-order valence-electron chi connectivity index (χ1n) is 6.07. The molecule has 1 aliphatic heterocycles. The van der Waals surface area contributed by atoms with Gasteiger partial charge in [0.2, 0.25) is 0 Å². The standard InChI is InChI=1S/C12H15N3O2S/c1-9-4-2-6-15-12(9)13-11(14-15)10-5-3-7-18(16,17)8-10/h2,4,6,10H,3,5,7-8H2,1H3. The molecule has 1 aliphatic rings. The predicted molar refractivity (Wildman–Crippen MR) is 68.4 cm³/mol. The second-order valence-corrected chi connectivity index (χ2v) is 7.11. The molecule has 1 unspecified atom stereocenters. The van der Waals surface area contributed by atoms with Gasteiger partial charge in [-0.25, -0.2) is 17.9 Å². The third-order valence-corrected chi connectivity index (χ3v) is 5.22. The number of rotatable bonds is 1. The fraction of sp³-hybridized carbons (Fsp3) is 0.500. The number of hydrogen-bond acceptors (Lipinski definition) is 4. The van der Waals surface area contributed by atoms with Gasteiger partial charge in [0, 0.05) is 12.1 Å². The van der Waals surface area contributed by atoms with Crippen molar-refractivity contribution in [3.8, 4) is 0 Å². The summed E-state index contributed by atoms with van der Waals surface area (Å²) in [7, 11) is -2.92. The van der Waals surface area contributed by atoms with Crippen LogP contribution < -0.4 is 0 Å². The van der Waals surface area contributed by atoms with Gasteiger partial charge in [-0.2, -0.15) is 5.10 Å². The van der Waals surface area contributed by atoms with E-state index in [1.165, 1.54) is 0 Å². The fourth-order valence-electron chi connectivity index (χ4n) is 2.46. The average Bonchev–Trinajstić information content (AvgIpc) is 2.73. The highest BCUT2D eigenvalue weighted by molar-refractivity contribution is 7.91. The molecule has 0 bridgehead atoms. The number of aryl methyl sites for hydroxylation is 1. The van der Waals surface area contributed by atoms with E-state index in [1.807, 2.05) is 25.3 Å². The first-order valence-corrected chi connectivity index (χ1v) is 7.90. The van der Waals surface area contributed by atoms with Crippen molar-refractivity contribution in [2.45, 2.75) is 25.7 Å². The molecule has 1 atom stereocenters. The minimum atomic E-state index is -2.92. The summed E-state index contributed by atoms with van der Waals surface area (Å²) in [5.74, 6) is 1.09. The monoisotopic (exact) mass is 265 g/mol. The SMILES string of the molecule is Cc1cccn2nc(C3CCCS(=O)(=O)C3)nc12. The summed E-state index contributed by atoms with van der Waals surface area (Å²) < 4.78 is 25.0. The highest BCUT2D eigenvalue weighted by Crippen LogP contribution is 2.26. The second kappa shape index (κ2) is 4.05. The molecule has 0 spiro atoms. The molecule has 0 amide bonds. The van der Waals surface area contributed by atoms with Gasteiger partial charge in [0.25, 0.3) is 0 Å². The second-order valence-electron chi connectivity index (χ2n) is 4.88. The molecule has 1 fully saturated rings. The Kier molecular flexibility index (Phi) is 2.62. The van der Waals surface area contributed by atoms with Crippen LogP contribution in [0.3, 0.4) is 0 Å². The lowest BCUT2D eigenvalue weighted by molar-refractivity contribution is 0.543. The molecule has 1 saturated heterocycles. The maximum Gasteiger partial charge on any atom is 0.158 e. The zero-order valence-corrected chi connectivity index (χ0v) is 11.0. The first kappa shape index (κ1) is 11.6. The number of hydrogen-bond donors (Lipinski definition) is 0. The summed E-state index contributed by atoms with van der Waals surface area (Å²) in [6.07, 6.45) is 3.41. The topological polar surface area (TPSA) is 64.3 Å². The number of nitrogens with zero attached hydrogens (tertiary/aromatic N) is 3. The van der Waals surface area contributed by atoms with Gasteiger partial charge >= 0.3 is 0 Å². The van der Waals surface area contributed by atoms with E-state index < -0.39 is 9.84 Å². The number of pyridine rings is 1. The molecule has 6 heteroatoms. The van der Waals surface area contributed by atoms with Crippen molar-refractivity contribution < 1.29 is 8.42 Å². The van der Waals surface area contributed by atoms with Crippen molar-refractivity contribution in [2.24, 2.45) is 0 Å². The molecule has 0 aliphatic carbocycles. The van der Waals surface area contributed by atoms with Crippen LogP contribution >= 0.6 is 0 Å². The van der Waals surface area contributed by atoms with Crippen LogP contribution in [-0.4, -0.2) is 34.5 Å². The molecule has 18 heavy (non-hydrogen) atoms. The van der Waals surface area contributed by atoms with Gasteiger partial charge in [0.15, 0.2) is 21.3 Å². The van der Waals surface area contributed by atoms with Crippen LogP contribution in [0.2, 0.25) is 0 Å². The minimum Gasteiger partial charge on any atom is -0.229 e. The Hall–Kier alpha value is -1.43. The Morgan fingerprint density at radius 3 is 3.00 bits per heavy atom. The lowest BCUT2D eigenvalue weighted by Gasteiger charge is -2.18. The number of fused-ring (bicyclic) bond motifs is 1. The third kappa shape index (κ3) is 2.01. The Morgan fingerprint density at radius 2 is 2.28 bits per heavy atom. The molecule has 0 radical (unpaired) electrons. The summed E-state index contributed by atoms with van der Waals surface area (Å²) in [5.41, 5.74) is 1.87. The molecule has 2 aromatic rings. The molecular weight excluding hydrogens is 250 g/mol. The van der Waals surface area contributed by atoms with Gasteiger partial charge in [-0.05, 0) is 31.4 Å². The third-order valence-electron chi connectivity index (χ3n) is 3.40. The zero-order valence-electron chi connectivity index (χ0n) is 10.2. The van der Waals surface area contributed by atoms with Crippen LogP contribution in [0, 0.1) is 6.92 Å². The van der Waals surface area contributed by atoms with Crippen molar-refractivity contribution in [2.75, 3.05) is 11.5 Å². The first-order chi connectivity index (χ1) is 8.55. The number of aromatic nitrogens is 3. The summed E-state index contributed by atoms with van der Waals surface area (Å²) in [5, 5.41) is 4.40. The summed E-state index contributed by atoms with van der Waals surface area (Å²) in [6.45, 7) is 1.98. The van der Waals surface area contributed by atoms with Crippen molar-refractivity contribution in [3.05, 3.63) is 29.7 Å². The van der Waals surface area contributed by atoms with Crippen LogP contribution in [0.25, 0.3) is 5.65 Å². The van der Waals surface area contributed by atoms with Crippen LogP contribution in [0.5, 0.6) is 0 Å². The molecule has 2 aromatic heterocycles. The quantitative estimate of drug-likeness (QED) is 0.780. The molecule has 5 nitrogen and oxygen atoms in total. The predicted octanol–water partition coefficient (Wildman–Crippen LogP) is 1.33. The van der Waals surface area contributed by atoms with Gasteiger partial charge in [0.05, 0.1) is 11.5 Å². The van der Waals surface area contributed by atoms with Crippen LogP contribution in [0.1, 0.15) is 30.1 Å². The highest BCUT2D eigenvalue weighted by atomic mass is 32.2. The van der Waals surface area contributed by atoms with Crippen LogP contribution in [0.4, 0.5) is 0 Å². The largest absolute Gasteiger partial charge is 0.229 e. The van der Waals surface area contributed by atoms with Gasteiger partial charge in [-0.1, -0.05) is 6.07 Å². The molecular formula is C12H15N3O2S. The van der Waals surface area contributed by atoms with Gasteiger partial charge in [-0.3, -0.25) is 0 Å². The van der Waals surface area contributed by atoms with E-state index in [0.29, 0.717) is 18.0 Å². The summed E-state index contributed by atoms with van der Waals surface area (Å²) in [6, 6.07) is 3.89. The van der Waals surface area contributed by atoms with E-state index in [4.69, 9.17) is 0 Å². The zero-order chi connectivity index (χ0) is 12.8. The van der Waals surface area contributed by atoms with Gasteiger partial charge in [0.1, 0.15) is 0 Å². The molecule has 3 heterocycles. The van der Waals surface area contributed by atoms with E-state index in [1.54, 1.807) is 4.52 Å². The summed E-state index contributed by atoms with van der Waals surface area (Å²) in [4.78, 5) is 4.49. The van der Waals surface area contributed by atoms with Gasteiger partial charge < -0.3 is 0 Å². The lowest BCUT2D eigenvalue weighted by atomic mass is 10.1. The molecule has 0 saturated carbocycles. The molecule has 0 aromatic carbocycles. The smallest absolute Gasteiger partial charge is 0.158 e. The van der Waals surface area contributed by atoms with Gasteiger partial charge in [-0.15, -0.1) is 0 Å². The van der Waals surface area contributed by atoms with Crippen molar-refractivity contribution in [1.82, 2.24) is 14.6 Å². The van der Waals surface area contributed by atoms with Crippen molar-refractivity contribution in [1.29, 1.82) is 0 Å². The van der Waals surface area contributed by atoms with E-state index in [2.05, 4.69) is 10.1 Å². The van der Waals surface area contributed by atoms with E-state index in [-0.39, 0.29) is 11.7 Å². The Balaban J connectivity index is 2.02. The van der Waals surface area contributed by atoms with E-state index in [0.717, 1.165) is 17.6 Å². The minimum absolute atomic E-state index is 0.0527. The molecule has 0 N–H and O–H groups in total. The molecule has 96 valence electrons. The number of sulfone groups is 1. The Bertz CT molecular complexity index is 690. The highest BCUT2D eigenvalue weighted by Gasteiger charge is 2.28. The fourth-order valence-corrected chi connectivity index (χ4v) is 4.16. The Labute approximate surface area is 106 Å². The summed E-state index contributed by atoms with van der Waals surface area (Å²) >= 11 is 0. The maximum atomic E-state index is 11.7. The van der Waals surface area contributed by atoms with Crippen molar-refractivity contribution >= 4 is 15.5 Å². The van der Waals surface area contributed by atoms with Crippen LogP contribution in [0.15, 0.2) is 18.3 Å². The maximum absolute atomic E-state index is 11.7. The van der Waals surface area contributed by atoms with Crippen molar-refractivity contribution in [3.63, 3.8) is 0 Å². The lowest BCUT2D eigenvalue weighted by Crippen LogP contribution is -2.24. The Morgan fingerprint density at radius 1 is 1.44 bits per heavy atom. The van der Waals surface area contributed by atoms with Crippen LogP contribution in [-0.2, 0) is 9.84 Å². The van der Waals surface area contributed by atoms with E-state index >= 15 is 0 Å².